The first kappa shape index (κ1) is 26.7. The zero-order valence-corrected chi connectivity index (χ0v) is 22.5. The van der Waals surface area contributed by atoms with Crippen LogP contribution in [0.3, 0.4) is 0 Å². The third-order valence-electron chi connectivity index (χ3n) is 7.43. The molecule has 7 heteroatoms. The van der Waals surface area contributed by atoms with Crippen molar-refractivity contribution in [3.05, 3.63) is 89.0 Å². The molecule has 1 aliphatic carbocycles. The van der Waals surface area contributed by atoms with Gasteiger partial charge in [0.15, 0.2) is 0 Å². The van der Waals surface area contributed by atoms with Crippen molar-refractivity contribution in [3.63, 3.8) is 0 Å². The minimum Gasteiger partial charge on any atom is -0.508 e. The molecule has 0 unspecified atom stereocenters. The van der Waals surface area contributed by atoms with Crippen molar-refractivity contribution in [1.82, 2.24) is 4.90 Å². The first-order chi connectivity index (χ1) is 18.3. The van der Waals surface area contributed by atoms with Gasteiger partial charge in [-0.15, -0.1) is 0 Å². The SMILES string of the molecule is CS(F)(F)c1ccc(C2=C(c3ccc(O[C@H]4CCN(CCCF)C4)cc3)c3ccc(O)cc3CCC2)cc1. The molecule has 202 valence electrons. The van der Waals surface area contributed by atoms with Gasteiger partial charge in [-0.05, 0) is 102 Å². The van der Waals surface area contributed by atoms with Crippen LogP contribution < -0.4 is 4.74 Å². The van der Waals surface area contributed by atoms with E-state index in [0.29, 0.717) is 6.42 Å². The summed E-state index contributed by atoms with van der Waals surface area (Å²) in [7, 11) is -3.78. The fourth-order valence-corrected chi connectivity index (χ4v) is 6.17. The van der Waals surface area contributed by atoms with Gasteiger partial charge in [0.25, 0.3) is 0 Å². The number of benzene rings is 3. The number of ether oxygens (including phenoxy) is 1. The summed E-state index contributed by atoms with van der Waals surface area (Å²) in [5, 5.41) is 10.1. The van der Waals surface area contributed by atoms with E-state index in [4.69, 9.17) is 4.74 Å². The van der Waals surface area contributed by atoms with Crippen LogP contribution >= 0.6 is 10.8 Å². The van der Waals surface area contributed by atoms with Gasteiger partial charge in [0, 0.05) is 30.8 Å². The Bertz CT molecular complexity index is 1290. The molecule has 1 N–H and O–H groups in total. The van der Waals surface area contributed by atoms with Gasteiger partial charge in [-0.25, -0.2) is 0 Å². The number of aromatic hydroxyl groups is 1. The Morgan fingerprint density at radius 3 is 2.42 bits per heavy atom. The van der Waals surface area contributed by atoms with Crippen LogP contribution in [0.2, 0.25) is 0 Å². The molecule has 1 saturated heterocycles. The molecule has 38 heavy (non-hydrogen) atoms. The Morgan fingerprint density at radius 2 is 1.71 bits per heavy atom. The van der Waals surface area contributed by atoms with Crippen LogP contribution in [0.5, 0.6) is 11.5 Å². The van der Waals surface area contributed by atoms with Crippen molar-refractivity contribution in [2.75, 3.05) is 32.6 Å². The van der Waals surface area contributed by atoms with Crippen molar-refractivity contribution in [1.29, 1.82) is 0 Å². The average molecular weight is 542 g/mol. The van der Waals surface area contributed by atoms with E-state index in [1.807, 2.05) is 36.4 Å². The second kappa shape index (κ2) is 11.5. The number of likely N-dealkylation sites (tertiary alicyclic amines) is 1. The molecule has 1 atom stereocenters. The molecule has 1 fully saturated rings. The lowest BCUT2D eigenvalue weighted by molar-refractivity contribution is 0.198. The number of fused-ring (bicyclic) bond motifs is 1. The number of nitrogens with zero attached hydrogens (tertiary/aromatic N) is 1. The minimum atomic E-state index is -3.78. The van der Waals surface area contributed by atoms with E-state index in [0.717, 1.165) is 90.7 Å². The van der Waals surface area contributed by atoms with Crippen LogP contribution in [0.25, 0.3) is 11.1 Å². The van der Waals surface area contributed by atoms with Crippen LogP contribution in [-0.2, 0) is 6.42 Å². The maximum atomic E-state index is 13.9. The Labute approximate surface area is 224 Å². The maximum Gasteiger partial charge on any atom is 0.119 e. The first-order valence-electron chi connectivity index (χ1n) is 13.2. The summed E-state index contributed by atoms with van der Waals surface area (Å²) in [5.41, 5.74) is 6.27. The van der Waals surface area contributed by atoms with Gasteiger partial charge in [-0.2, -0.15) is 7.77 Å². The molecule has 0 bridgehead atoms. The molecule has 0 saturated carbocycles. The quantitative estimate of drug-likeness (QED) is 0.313. The lowest BCUT2D eigenvalue weighted by atomic mass is 9.88. The van der Waals surface area contributed by atoms with Crippen LogP contribution in [0, 0.1) is 0 Å². The number of allylic oxidation sites excluding steroid dienone is 1. The summed E-state index contributed by atoms with van der Waals surface area (Å²) in [6.07, 6.45) is 5.10. The van der Waals surface area contributed by atoms with E-state index < -0.39 is 10.8 Å². The fourth-order valence-electron chi connectivity index (χ4n) is 5.56. The highest BCUT2D eigenvalue weighted by molar-refractivity contribution is 8.24. The first-order valence-corrected chi connectivity index (χ1v) is 15.0. The zero-order valence-electron chi connectivity index (χ0n) is 21.6. The second-order valence-corrected chi connectivity index (χ2v) is 12.1. The third-order valence-corrected chi connectivity index (χ3v) is 8.53. The van der Waals surface area contributed by atoms with Crippen LogP contribution in [0.15, 0.2) is 71.6 Å². The molecule has 5 rings (SSSR count). The molecule has 0 spiro atoms. The normalized spacial score (nSPS) is 18.8. The highest BCUT2D eigenvalue weighted by Gasteiger charge is 2.25. The van der Waals surface area contributed by atoms with E-state index in [-0.39, 0.29) is 23.4 Å². The molecule has 1 aliphatic heterocycles. The lowest BCUT2D eigenvalue weighted by Gasteiger charge is -2.19. The lowest BCUT2D eigenvalue weighted by Crippen LogP contribution is -2.26. The Morgan fingerprint density at radius 1 is 0.974 bits per heavy atom. The van der Waals surface area contributed by atoms with Crippen LogP contribution in [0.1, 0.15) is 47.9 Å². The minimum absolute atomic E-state index is 0.0824. The van der Waals surface area contributed by atoms with Gasteiger partial charge >= 0.3 is 0 Å². The van der Waals surface area contributed by atoms with Crippen LogP contribution in [0.4, 0.5) is 12.2 Å². The number of alkyl halides is 1. The molecule has 2 aliphatic rings. The predicted octanol–water partition coefficient (Wildman–Crippen LogP) is 8.06. The number of rotatable bonds is 8. The maximum absolute atomic E-state index is 13.9. The highest BCUT2D eigenvalue weighted by Crippen LogP contribution is 2.55. The molecule has 3 aromatic rings. The average Bonchev–Trinajstić information content (AvgIpc) is 3.26. The second-order valence-electron chi connectivity index (χ2n) is 10.2. The largest absolute Gasteiger partial charge is 0.508 e. The number of halogens is 3. The van der Waals surface area contributed by atoms with Crippen LogP contribution in [-0.4, -0.2) is 48.7 Å². The molecule has 3 aromatic carbocycles. The smallest absolute Gasteiger partial charge is 0.119 e. The summed E-state index contributed by atoms with van der Waals surface area (Å²) in [4.78, 5) is 2.33. The van der Waals surface area contributed by atoms with Gasteiger partial charge in [0.1, 0.15) is 17.6 Å². The third kappa shape index (κ3) is 6.05. The summed E-state index contributed by atoms with van der Waals surface area (Å²) in [6.45, 7) is 2.20. The highest BCUT2D eigenvalue weighted by atomic mass is 32.3. The molecule has 3 nitrogen and oxygen atoms in total. The Hall–Kier alpha value is -2.90. The van der Waals surface area contributed by atoms with E-state index in [1.165, 1.54) is 0 Å². The number of hydrogen-bond acceptors (Lipinski definition) is 3. The van der Waals surface area contributed by atoms with Gasteiger partial charge < -0.3 is 9.84 Å². The van der Waals surface area contributed by atoms with Crippen molar-refractivity contribution >= 4 is 21.9 Å². The van der Waals surface area contributed by atoms with Gasteiger partial charge in [0.05, 0.1) is 17.5 Å². The monoisotopic (exact) mass is 541 g/mol. The van der Waals surface area contributed by atoms with Gasteiger partial charge in [-0.3, -0.25) is 9.29 Å². The molecule has 0 aromatic heterocycles. The summed E-state index contributed by atoms with van der Waals surface area (Å²) in [6, 6.07) is 20.3. The molecule has 0 amide bonds. The summed E-state index contributed by atoms with van der Waals surface area (Å²) >= 11 is 0. The summed E-state index contributed by atoms with van der Waals surface area (Å²) in [5.74, 6) is 1.04. The van der Waals surface area contributed by atoms with Crippen molar-refractivity contribution in [2.24, 2.45) is 0 Å². The van der Waals surface area contributed by atoms with E-state index in [2.05, 4.69) is 17.0 Å². The van der Waals surface area contributed by atoms with E-state index >= 15 is 0 Å². The van der Waals surface area contributed by atoms with Gasteiger partial charge in [-0.1, -0.05) is 30.3 Å². The summed E-state index contributed by atoms with van der Waals surface area (Å²) < 4.78 is 46.7. The van der Waals surface area contributed by atoms with Crippen molar-refractivity contribution in [2.45, 2.75) is 43.1 Å². The molecular weight excluding hydrogens is 507 g/mol. The standard InChI is InChI=1S/C31H34F3NO2S/c1-38(33,34)28-13-8-22(9-14-28)29-5-2-4-24-20-25(36)10-15-30(24)31(29)23-6-11-26(12-7-23)37-27-16-19-35(21-27)18-3-17-32/h6-15,20,27,36H,2-5,16-19,21H2,1H3/t27-/m0/s1. The molecule has 1 heterocycles. The Balaban J connectivity index is 1.47. The number of phenols is 1. The number of phenolic OH excluding ortho intramolecular Hbond substituents is 1. The molecular formula is C31H34F3NO2S. The number of hydrogen-bond donors (Lipinski definition) is 1. The van der Waals surface area contributed by atoms with Crippen molar-refractivity contribution < 1.29 is 22.0 Å². The van der Waals surface area contributed by atoms with E-state index in [9.17, 15) is 17.3 Å². The van der Waals surface area contributed by atoms with Gasteiger partial charge in [0.2, 0.25) is 0 Å². The number of aryl methyl sites for hydroxylation is 1. The topological polar surface area (TPSA) is 32.7 Å². The van der Waals surface area contributed by atoms with Crippen molar-refractivity contribution in [3.8, 4) is 11.5 Å². The predicted molar refractivity (Wildman–Crippen MR) is 150 cm³/mol. The zero-order chi connectivity index (χ0) is 26.7. The van der Waals surface area contributed by atoms with E-state index in [1.54, 1.807) is 18.2 Å². The molecule has 0 radical (unpaired) electrons. The Kier molecular flexibility index (Phi) is 8.05. The fraction of sp³-hybridized carbons (Fsp3) is 0.355.